The number of imidazole rings is 1. The molecule has 1 saturated heterocycles. The standard InChI is InChI=1S/C23H26N4O4S/c1-27-13-12-24-22(27)21(17-7-3-2-4-8-17)26-23(28)18-9-5-11-20(15-18)32(29,30)25-16-19-10-6-14-31-19/h2-5,7-9,11-13,15,19,21,25H,6,10,14,16H2,1H3,(H,26,28)/t19-,21-/m1/s1. The van der Waals surface area contributed by atoms with Crippen molar-refractivity contribution in [3.63, 3.8) is 0 Å². The Morgan fingerprint density at radius 3 is 2.72 bits per heavy atom. The fraction of sp³-hybridized carbons (Fsp3) is 0.304. The summed E-state index contributed by atoms with van der Waals surface area (Å²) in [5, 5.41) is 2.99. The zero-order valence-corrected chi connectivity index (χ0v) is 18.6. The lowest BCUT2D eigenvalue weighted by Crippen LogP contribution is -2.33. The molecule has 1 aromatic heterocycles. The van der Waals surface area contributed by atoms with Gasteiger partial charge >= 0.3 is 0 Å². The Morgan fingerprint density at radius 1 is 1.22 bits per heavy atom. The summed E-state index contributed by atoms with van der Waals surface area (Å²) < 4.78 is 35.4. The number of aryl methyl sites for hydroxylation is 1. The lowest BCUT2D eigenvalue weighted by molar-refractivity contribution is 0.0941. The second kappa shape index (κ2) is 9.64. The van der Waals surface area contributed by atoms with Crippen LogP contribution in [0.5, 0.6) is 0 Å². The van der Waals surface area contributed by atoms with Crippen LogP contribution in [-0.2, 0) is 21.8 Å². The van der Waals surface area contributed by atoms with E-state index in [0.29, 0.717) is 12.4 Å². The molecule has 3 aromatic rings. The van der Waals surface area contributed by atoms with Gasteiger partial charge in [0.25, 0.3) is 5.91 Å². The summed E-state index contributed by atoms with van der Waals surface area (Å²) in [6.45, 7) is 0.870. The Bertz CT molecular complexity index is 1170. The maximum Gasteiger partial charge on any atom is 0.252 e. The van der Waals surface area contributed by atoms with E-state index in [1.54, 1.807) is 18.3 Å². The molecule has 0 radical (unpaired) electrons. The van der Waals surface area contributed by atoms with Crippen LogP contribution in [0.3, 0.4) is 0 Å². The lowest BCUT2D eigenvalue weighted by atomic mass is 10.1. The summed E-state index contributed by atoms with van der Waals surface area (Å²) in [5.74, 6) is 0.282. The molecule has 2 heterocycles. The number of rotatable bonds is 8. The molecule has 1 aliphatic heterocycles. The van der Waals surface area contributed by atoms with Crippen LogP contribution in [0.25, 0.3) is 0 Å². The number of nitrogens with zero attached hydrogens (tertiary/aromatic N) is 2. The van der Waals surface area contributed by atoms with Crippen molar-refractivity contribution in [2.45, 2.75) is 29.9 Å². The number of sulfonamides is 1. The molecule has 0 saturated carbocycles. The molecule has 1 amide bonds. The van der Waals surface area contributed by atoms with E-state index >= 15 is 0 Å². The first-order chi connectivity index (χ1) is 15.4. The number of hydrogen-bond donors (Lipinski definition) is 2. The van der Waals surface area contributed by atoms with Crippen LogP contribution in [0.2, 0.25) is 0 Å². The third-order valence-electron chi connectivity index (χ3n) is 5.46. The third-order valence-corrected chi connectivity index (χ3v) is 6.88. The number of aromatic nitrogens is 2. The molecule has 168 valence electrons. The highest BCUT2D eigenvalue weighted by Gasteiger charge is 2.24. The molecular formula is C23H26N4O4S. The first kappa shape index (κ1) is 22.2. The first-order valence-electron chi connectivity index (χ1n) is 10.5. The monoisotopic (exact) mass is 454 g/mol. The van der Waals surface area contributed by atoms with Gasteiger partial charge in [-0.3, -0.25) is 4.79 Å². The fourth-order valence-electron chi connectivity index (χ4n) is 3.71. The van der Waals surface area contributed by atoms with Gasteiger partial charge < -0.3 is 14.6 Å². The Morgan fingerprint density at radius 2 is 2.03 bits per heavy atom. The number of benzene rings is 2. The minimum atomic E-state index is -3.76. The molecule has 0 bridgehead atoms. The molecule has 0 unspecified atom stereocenters. The molecule has 1 aliphatic rings. The van der Waals surface area contributed by atoms with Gasteiger partial charge in [0.15, 0.2) is 0 Å². The highest BCUT2D eigenvalue weighted by molar-refractivity contribution is 7.89. The molecule has 4 rings (SSSR count). The van der Waals surface area contributed by atoms with Gasteiger partial charge in [-0.25, -0.2) is 18.1 Å². The average Bonchev–Trinajstić information content (AvgIpc) is 3.48. The summed E-state index contributed by atoms with van der Waals surface area (Å²) in [4.78, 5) is 17.5. The van der Waals surface area contributed by atoms with Crippen molar-refractivity contribution in [3.05, 3.63) is 83.9 Å². The van der Waals surface area contributed by atoms with E-state index in [1.165, 1.54) is 12.1 Å². The largest absolute Gasteiger partial charge is 0.377 e. The molecule has 2 atom stereocenters. The van der Waals surface area contributed by atoms with Gasteiger partial charge in [0.1, 0.15) is 11.9 Å². The van der Waals surface area contributed by atoms with E-state index in [0.717, 1.165) is 18.4 Å². The summed E-state index contributed by atoms with van der Waals surface area (Å²) >= 11 is 0. The van der Waals surface area contributed by atoms with Crippen LogP contribution >= 0.6 is 0 Å². The Balaban J connectivity index is 1.54. The Labute approximate surface area is 187 Å². The van der Waals surface area contributed by atoms with Gasteiger partial charge in [-0.05, 0) is 36.6 Å². The maximum atomic E-state index is 13.1. The van der Waals surface area contributed by atoms with Crippen molar-refractivity contribution >= 4 is 15.9 Å². The summed E-state index contributed by atoms with van der Waals surface area (Å²) in [6, 6.07) is 15.0. The predicted octanol–water partition coefficient (Wildman–Crippen LogP) is 2.40. The van der Waals surface area contributed by atoms with Crippen molar-refractivity contribution < 1.29 is 17.9 Å². The number of carbonyl (C=O) groups excluding carboxylic acids is 1. The SMILES string of the molecule is Cn1ccnc1[C@H](NC(=O)c1cccc(S(=O)(=O)NC[C@H]2CCCO2)c1)c1ccccc1. The fourth-order valence-corrected chi connectivity index (χ4v) is 4.82. The van der Waals surface area contributed by atoms with Crippen molar-refractivity contribution in [3.8, 4) is 0 Å². The summed E-state index contributed by atoms with van der Waals surface area (Å²) in [6.07, 6.45) is 5.13. The minimum Gasteiger partial charge on any atom is -0.377 e. The van der Waals surface area contributed by atoms with E-state index in [-0.39, 0.29) is 23.1 Å². The Kier molecular flexibility index (Phi) is 6.69. The zero-order chi connectivity index (χ0) is 22.6. The molecule has 32 heavy (non-hydrogen) atoms. The molecule has 8 nitrogen and oxygen atoms in total. The third kappa shape index (κ3) is 5.07. The zero-order valence-electron chi connectivity index (χ0n) is 17.8. The summed E-state index contributed by atoms with van der Waals surface area (Å²) in [5.41, 5.74) is 1.12. The number of carbonyl (C=O) groups is 1. The van der Waals surface area contributed by atoms with E-state index in [9.17, 15) is 13.2 Å². The maximum absolute atomic E-state index is 13.1. The van der Waals surface area contributed by atoms with Crippen LogP contribution in [0, 0.1) is 0 Å². The number of ether oxygens (including phenoxy) is 1. The highest BCUT2D eigenvalue weighted by atomic mass is 32.2. The average molecular weight is 455 g/mol. The quantitative estimate of drug-likeness (QED) is 0.544. The molecule has 9 heteroatoms. The lowest BCUT2D eigenvalue weighted by Gasteiger charge is -2.19. The topological polar surface area (TPSA) is 102 Å². The molecule has 2 N–H and O–H groups in total. The van der Waals surface area contributed by atoms with E-state index < -0.39 is 22.0 Å². The van der Waals surface area contributed by atoms with Crippen molar-refractivity contribution in [1.29, 1.82) is 0 Å². The van der Waals surface area contributed by atoms with Gasteiger partial charge in [0.05, 0.1) is 11.0 Å². The van der Waals surface area contributed by atoms with Crippen LogP contribution in [0.15, 0.2) is 71.9 Å². The van der Waals surface area contributed by atoms with E-state index in [2.05, 4.69) is 15.0 Å². The second-order valence-corrected chi connectivity index (χ2v) is 9.50. The molecule has 2 aromatic carbocycles. The van der Waals surface area contributed by atoms with Crippen molar-refractivity contribution in [1.82, 2.24) is 19.6 Å². The van der Waals surface area contributed by atoms with Crippen LogP contribution in [0.4, 0.5) is 0 Å². The number of nitrogens with one attached hydrogen (secondary N) is 2. The summed E-state index contributed by atoms with van der Waals surface area (Å²) in [7, 11) is -1.90. The van der Waals surface area contributed by atoms with Gasteiger partial charge in [-0.2, -0.15) is 0 Å². The normalized spacial score (nSPS) is 17.2. The number of hydrogen-bond acceptors (Lipinski definition) is 5. The van der Waals surface area contributed by atoms with Gasteiger partial charge in [-0.1, -0.05) is 36.4 Å². The van der Waals surface area contributed by atoms with Gasteiger partial charge in [-0.15, -0.1) is 0 Å². The van der Waals surface area contributed by atoms with Gasteiger partial charge in [0.2, 0.25) is 10.0 Å². The predicted molar refractivity (Wildman–Crippen MR) is 120 cm³/mol. The smallest absolute Gasteiger partial charge is 0.252 e. The number of amides is 1. The second-order valence-electron chi connectivity index (χ2n) is 7.73. The minimum absolute atomic E-state index is 0.0383. The first-order valence-corrected chi connectivity index (χ1v) is 12.0. The van der Waals surface area contributed by atoms with Crippen LogP contribution in [-0.4, -0.2) is 43.1 Å². The molecule has 0 spiro atoms. The highest BCUT2D eigenvalue weighted by Crippen LogP contribution is 2.21. The van der Waals surface area contributed by atoms with Crippen molar-refractivity contribution in [2.24, 2.45) is 7.05 Å². The molecule has 1 fully saturated rings. The van der Waals surface area contributed by atoms with E-state index in [1.807, 2.05) is 48.1 Å². The molecule has 0 aliphatic carbocycles. The Hall–Kier alpha value is -3.01. The van der Waals surface area contributed by atoms with Crippen LogP contribution < -0.4 is 10.0 Å². The van der Waals surface area contributed by atoms with E-state index in [4.69, 9.17) is 4.74 Å². The van der Waals surface area contributed by atoms with Crippen molar-refractivity contribution in [2.75, 3.05) is 13.2 Å². The van der Waals surface area contributed by atoms with Gasteiger partial charge in [0, 0.05) is 38.2 Å². The molecular weight excluding hydrogens is 428 g/mol. The van der Waals surface area contributed by atoms with Crippen LogP contribution in [0.1, 0.15) is 40.6 Å².